The van der Waals surface area contributed by atoms with Crippen LogP contribution >= 0.6 is 0 Å². The second-order valence-electron chi connectivity index (χ2n) is 4.92. The molecule has 1 aromatic carbocycles. The lowest BCUT2D eigenvalue weighted by Crippen LogP contribution is -2.15. The fourth-order valence-electron chi connectivity index (χ4n) is 2.32. The van der Waals surface area contributed by atoms with Gasteiger partial charge in [-0.1, -0.05) is 12.1 Å². The summed E-state index contributed by atoms with van der Waals surface area (Å²) in [6, 6.07) is 9.08. The molecule has 110 valence electrons. The van der Waals surface area contributed by atoms with E-state index in [1.165, 1.54) is 0 Å². The number of aryl methyl sites for hydroxylation is 1. The van der Waals surface area contributed by atoms with E-state index in [1.54, 1.807) is 23.9 Å². The van der Waals surface area contributed by atoms with Crippen molar-refractivity contribution in [3.05, 3.63) is 47.8 Å². The van der Waals surface area contributed by atoms with Gasteiger partial charge in [0, 0.05) is 24.5 Å². The van der Waals surface area contributed by atoms with Crippen molar-refractivity contribution >= 4 is 17.3 Å². The Morgan fingerprint density at radius 2 is 2.10 bits per heavy atom. The number of aromatic nitrogens is 1. The number of nitrogens with zero attached hydrogens (tertiary/aromatic N) is 1. The molecule has 3 N–H and O–H groups in total. The van der Waals surface area contributed by atoms with E-state index < -0.39 is 0 Å². The highest BCUT2D eigenvalue weighted by Gasteiger charge is 2.19. The summed E-state index contributed by atoms with van der Waals surface area (Å²) >= 11 is 0. The largest absolute Gasteiger partial charge is 0.397 e. The van der Waals surface area contributed by atoms with Crippen molar-refractivity contribution in [2.24, 2.45) is 7.05 Å². The summed E-state index contributed by atoms with van der Waals surface area (Å²) in [5, 5.41) is 2.85. The summed E-state index contributed by atoms with van der Waals surface area (Å²) in [5.74, 6) is -0.209. The highest BCUT2D eigenvalue weighted by molar-refractivity contribution is 6.03. The standard InChI is InChI=1S/C15H17N3O3/c1-18-9-11(16)8-13(18)14(19)17-12-4-2-3-10(7-12)15-20-5-6-21-15/h2-4,7-9,15H,5-6,16H2,1H3,(H,17,19). The molecule has 0 radical (unpaired) electrons. The number of anilines is 2. The van der Waals surface area contributed by atoms with E-state index in [2.05, 4.69) is 5.32 Å². The number of rotatable bonds is 3. The normalized spacial score (nSPS) is 15.3. The Bertz CT molecular complexity index is 660. The molecule has 0 saturated carbocycles. The molecule has 0 atom stereocenters. The topological polar surface area (TPSA) is 78.5 Å². The number of amides is 1. The Morgan fingerprint density at radius 3 is 2.76 bits per heavy atom. The van der Waals surface area contributed by atoms with Gasteiger partial charge >= 0.3 is 0 Å². The number of carbonyl (C=O) groups is 1. The Morgan fingerprint density at radius 1 is 1.33 bits per heavy atom. The Hall–Kier alpha value is -2.31. The lowest BCUT2D eigenvalue weighted by molar-refractivity contribution is -0.0440. The molecule has 6 heteroatoms. The van der Waals surface area contributed by atoms with E-state index in [0.29, 0.717) is 30.3 Å². The second-order valence-corrected chi connectivity index (χ2v) is 4.92. The molecule has 1 fully saturated rings. The number of hydrogen-bond donors (Lipinski definition) is 2. The smallest absolute Gasteiger partial charge is 0.272 e. The van der Waals surface area contributed by atoms with Gasteiger partial charge in [-0.2, -0.15) is 0 Å². The van der Waals surface area contributed by atoms with Crippen molar-refractivity contribution in [2.45, 2.75) is 6.29 Å². The molecule has 2 heterocycles. The van der Waals surface area contributed by atoms with Gasteiger partial charge in [0.25, 0.3) is 5.91 Å². The third-order valence-electron chi connectivity index (χ3n) is 3.30. The first-order valence-electron chi connectivity index (χ1n) is 6.70. The molecule has 6 nitrogen and oxygen atoms in total. The molecule has 1 aliphatic rings. The molecule has 21 heavy (non-hydrogen) atoms. The van der Waals surface area contributed by atoms with Crippen molar-refractivity contribution in [1.82, 2.24) is 4.57 Å². The van der Waals surface area contributed by atoms with Crippen LogP contribution in [0, 0.1) is 0 Å². The van der Waals surface area contributed by atoms with E-state index in [9.17, 15) is 4.79 Å². The van der Waals surface area contributed by atoms with E-state index in [-0.39, 0.29) is 12.2 Å². The number of nitrogens with one attached hydrogen (secondary N) is 1. The van der Waals surface area contributed by atoms with Gasteiger partial charge in [0.1, 0.15) is 5.69 Å². The minimum atomic E-state index is -0.354. The molecule has 0 aliphatic carbocycles. The summed E-state index contributed by atoms with van der Waals surface area (Å²) in [4.78, 5) is 12.2. The Labute approximate surface area is 122 Å². The predicted octanol–water partition coefficient (Wildman–Crippen LogP) is 1.91. The number of benzene rings is 1. The van der Waals surface area contributed by atoms with Gasteiger partial charge in [0.15, 0.2) is 6.29 Å². The van der Waals surface area contributed by atoms with Crippen LogP contribution in [0.15, 0.2) is 36.5 Å². The summed E-state index contributed by atoms with van der Waals surface area (Å²) in [6.07, 6.45) is 1.35. The van der Waals surface area contributed by atoms with Gasteiger partial charge in [-0.3, -0.25) is 4.79 Å². The summed E-state index contributed by atoms with van der Waals surface area (Å²) < 4.78 is 12.6. The van der Waals surface area contributed by atoms with Crippen LogP contribution in [0.1, 0.15) is 22.3 Å². The van der Waals surface area contributed by atoms with Crippen LogP contribution in [-0.4, -0.2) is 23.7 Å². The average molecular weight is 287 g/mol. The van der Waals surface area contributed by atoms with Crippen molar-refractivity contribution in [2.75, 3.05) is 24.3 Å². The van der Waals surface area contributed by atoms with Crippen molar-refractivity contribution < 1.29 is 14.3 Å². The maximum Gasteiger partial charge on any atom is 0.272 e. The van der Waals surface area contributed by atoms with Crippen molar-refractivity contribution in [1.29, 1.82) is 0 Å². The lowest BCUT2D eigenvalue weighted by Gasteiger charge is -2.11. The second kappa shape index (κ2) is 5.59. The number of nitrogens with two attached hydrogens (primary N) is 1. The molecule has 2 aromatic rings. The maximum atomic E-state index is 12.2. The SMILES string of the molecule is Cn1cc(N)cc1C(=O)Nc1cccc(C2OCCO2)c1. The molecule has 0 bridgehead atoms. The van der Waals surface area contributed by atoms with E-state index >= 15 is 0 Å². The van der Waals surface area contributed by atoms with E-state index in [4.69, 9.17) is 15.2 Å². The molecule has 1 aromatic heterocycles. The molecule has 0 unspecified atom stereocenters. The van der Waals surface area contributed by atoms with Gasteiger partial charge in [0.2, 0.25) is 0 Å². The zero-order valence-electron chi connectivity index (χ0n) is 11.7. The third kappa shape index (κ3) is 2.91. The molecule has 1 saturated heterocycles. The highest BCUT2D eigenvalue weighted by Crippen LogP contribution is 2.25. The maximum absolute atomic E-state index is 12.2. The zero-order valence-corrected chi connectivity index (χ0v) is 11.7. The first-order valence-corrected chi connectivity index (χ1v) is 6.70. The minimum absolute atomic E-state index is 0.209. The summed E-state index contributed by atoms with van der Waals surface area (Å²) in [7, 11) is 1.78. The third-order valence-corrected chi connectivity index (χ3v) is 3.30. The van der Waals surface area contributed by atoms with E-state index in [1.807, 2.05) is 24.3 Å². The van der Waals surface area contributed by atoms with Gasteiger partial charge in [-0.05, 0) is 18.2 Å². The molecule has 0 spiro atoms. The van der Waals surface area contributed by atoms with Gasteiger partial charge in [-0.15, -0.1) is 0 Å². The highest BCUT2D eigenvalue weighted by atomic mass is 16.7. The van der Waals surface area contributed by atoms with Crippen LogP contribution < -0.4 is 11.1 Å². The van der Waals surface area contributed by atoms with Crippen LogP contribution in [0.2, 0.25) is 0 Å². The fraction of sp³-hybridized carbons (Fsp3) is 0.267. The Balaban J connectivity index is 1.77. The molecule has 1 amide bonds. The molecule has 1 aliphatic heterocycles. The van der Waals surface area contributed by atoms with E-state index in [0.717, 1.165) is 5.56 Å². The zero-order chi connectivity index (χ0) is 14.8. The number of carbonyl (C=O) groups excluding carboxylic acids is 1. The van der Waals surface area contributed by atoms with Crippen molar-refractivity contribution in [3.63, 3.8) is 0 Å². The first-order chi connectivity index (χ1) is 10.1. The van der Waals surface area contributed by atoms with Crippen LogP contribution in [-0.2, 0) is 16.5 Å². The van der Waals surface area contributed by atoms with Crippen molar-refractivity contribution in [3.8, 4) is 0 Å². The van der Waals surface area contributed by atoms with Gasteiger partial charge < -0.3 is 25.1 Å². The minimum Gasteiger partial charge on any atom is -0.397 e. The van der Waals surface area contributed by atoms with Crippen LogP contribution in [0.25, 0.3) is 0 Å². The number of hydrogen-bond acceptors (Lipinski definition) is 4. The van der Waals surface area contributed by atoms with Crippen LogP contribution in [0.4, 0.5) is 11.4 Å². The summed E-state index contributed by atoms with van der Waals surface area (Å²) in [5.41, 5.74) is 8.33. The monoisotopic (exact) mass is 287 g/mol. The predicted molar refractivity (Wildman–Crippen MR) is 78.9 cm³/mol. The van der Waals surface area contributed by atoms with Crippen LogP contribution in [0.5, 0.6) is 0 Å². The fourth-order valence-corrected chi connectivity index (χ4v) is 2.32. The average Bonchev–Trinajstić information content (AvgIpc) is 3.08. The van der Waals surface area contributed by atoms with Gasteiger partial charge in [0.05, 0.1) is 18.9 Å². The molecular formula is C15H17N3O3. The number of ether oxygens (including phenoxy) is 2. The summed E-state index contributed by atoms with van der Waals surface area (Å²) in [6.45, 7) is 1.17. The van der Waals surface area contributed by atoms with Gasteiger partial charge in [-0.25, -0.2) is 0 Å². The lowest BCUT2D eigenvalue weighted by atomic mass is 10.2. The Kier molecular flexibility index (Phi) is 3.64. The quantitative estimate of drug-likeness (QED) is 0.903. The first kappa shape index (κ1) is 13.7. The molecular weight excluding hydrogens is 270 g/mol. The van der Waals surface area contributed by atoms with Crippen LogP contribution in [0.3, 0.4) is 0 Å². The molecule has 3 rings (SSSR count). The number of nitrogen functional groups attached to an aromatic ring is 1.